The first-order chi connectivity index (χ1) is 13.2. The van der Waals surface area contributed by atoms with Gasteiger partial charge in [0.2, 0.25) is 10.0 Å². The molecule has 3 rings (SSSR count). The predicted octanol–water partition coefficient (Wildman–Crippen LogP) is 4.18. The Labute approximate surface area is 173 Å². The van der Waals surface area contributed by atoms with Crippen LogP contribution in [0.5, 0.6) is 0 Å². The molecule has 1 aliphatic heterocycles. The van der Waals surface area contributed by atoms with Gasteiger partial charge in [0.1, 0.15) is 0 Å². The third-order valence-corrected chi connectivity index (χ3v) is 6.35. The summed E-state index contributed by atoms with van der Waals surface area (Å²) in [4.78, 5) is 12.2. The lowest BCUT2D eigenvalue weighted by molar-refractivity contribution is 0.223. The van der Waals surface area contributed by atoms with Gasteiger partial charge in [-0.15, -0.1) is 0 Å². The third kappa shape index (κ3) is 4.98. The Bertz CT molecular complexity index is 1010. The lowest BCUT2D eigenvalue weighted by Crippen LogP contribution is -2.29. The molecule has 2 aromatic rings. The summed E-state index contributed by atoms with van der Waals surface area (Å²) in [6.45, 7) is 1.95. The molecule has 0 bridgehead atoms. The second-order valence-electron chi connectivity index (χ2n) is 6.13. The van der Waals surface area contributed by atoms with Gasteiger partial charge in [-0.3, -0.25) is 4.31 Å². The quantitative estimate of drug-likeness (QED) is 0.759. The minimum absolute atomic E-state index is 0.114. The van der Waals surface area contributed by atoms with Crippen molar-refractivity contribution in [3.8, 4) is 0 Å². The predicted molar refractivity (Wildman–Crippen MR) is 115 cm³/mol. The van der Waals surface area contributed by atoms with Gasteiger partial charge in [-0.05, 0) is 42.8 Å². The molecule has 148 valence electrons. The number of carbonyl (C=O) groups excluding carboxylic acids is 1. The van der Waals surface area contributed by atoms with Gasteiger partial charge in [-0.1, -0.05) is 41.6 Å². The van der Waals surface area contributed by atoms with Crippen LogP contribution in [0.1, 0.15) is 12.5 Å². The monoisotopic (exact) mass is 438 g/mol. The van der Waals surface area contributed by atoms with Gasteiger partial charge in [0.05, 0.1) is 29.4 Å². The Balaban J connectivity index is 1.77. The normalized spacial score (nSPS) is 14.0. The maximum Gasteiger partial charge on any atom is 0.343 e. The first kappa shape index (κ1) is 20.5. The number of sulfonamides is 1. The number of hydrogen-bond donors (Lipinski definition) is 1. The van der Waals surface area contributed by atoms with E-state index < -0.39 is 10.0 Å². The van der Waals surface area contributed by atoms with Crippen LogP contribution in [0, 0.1) is 0 Å². The van der Waals surface area contributed by atoms with Crippen molar-refractivity contribution in [2.24, 2.45) is 5.10 Å². The average molecular weight is 439 g/mol. The van der Waals surface area contributed by atoms with Gasteiger partial charge in [0.15, 0.2) is 0 Å². The van der Waals surface area contributed by atoms with Gasteiger partial charge in [-0.25, -0.2) is 18.2 Å². The molecule has 0 unspecified atom stereocenters. The molecule has 10 heteroatoms. The van der Waals surface area contributed by atoms with Crippen molar-refractivity contribution in [1.82, 2.24) is 5.01 Å². The van der Waals surface area contributed by atoms with Crippen LogP contribution >= 0.6 is 23.4 Å². The van der Waals surface area contributed by atoms with E-state index in [1.54, 1.807) is 48.5 Å². The number of amides is 2. The van der Waals surface area contributed by atoms with Crippen molar-refractivity contribution in [2.45, 2.75) is 13.5 Å². The van der Waals surface area contributed by atoms with Crippen molar-refractivity contribution in [3.05, 3.63) is 59.1 Å². The smallest absolute Gasteiger partial charge is 0.306 e. The molecule has 7 nitrogen and oxygen atoms in total. The summed E-state index contributed by atoms with van der Waals surface area (Å²) in [5, 5.41) is 9.53. The summed E-state index contributed by atoms with van der Waals surface area (Å²) in [7, 11) is -3.53. The molecule has 2 aromatic carbocycles. The molecule has 0 fully saturated rings. The molecule has 0 atom stereocenters. The van der Waals surface area contributed by atoms with Crippen LogP contribution in [0.4, 0.5) is 16.2 Å². The van der Waals surface area contributed by atoms with Crippen molar-refractivity contribution in [2.75, 3.05) is 21.8 Å². The van der Waals surface area contributed by atoms with Gasteiger partial charge < -0.3 is 5.32 Å². The topological polar surface area (TPSA) is 82.1 Å². The van der Waals surface area contributed by atoms with Crippen LogP contribution in [0.3, 0.4) is 0 Å². The van der Waals surface area contributed by atoms with E-state index in [0.717, 1.165) is 11.3 Å². The molecule has 1 aliphatic rings. The van der Waals surface area contributed by atoms with Crippen LogP contribution in [-0.4, -0.2) is 36.6 Å². The SMILES string of the molecule is CC1=NN(C(=O)Nc2ccc(N(Cc3ccccc3Cl)S(C)(=O)=O)cc2)CS1. The number of thioether (sulfide) groups is 1. The molecule has 0 aromatic heterocycles. The maximum atomic E-state index is 12.3. The van der Waals surface area contributed by atoms with Gasteiger partial charge in [0, 0.05) is 10.7 Å². The fraction of sp³-hybridized carbons (Fsp3) is 0.222. The summed E-state index contributed by atoms with van der Waals surface area (Å²) in [6, 6.07) is 13.3. The van der Waals surface area contributed by atoms with E-state index in [1.165, 1.54) is 21.1 Å². The zero-order chi connectivity index (χ0) is 20.3. The van der Waals surface area contributed by atoms with Crippen LogP contribution in [-0.2, 0) is 16.6 Å². The lowest BCUT2D eigenvalue weighted by Gasteiger charge is -2.23. The van der Waals surface area contributed by atoms with Crippen molar-refractivity contribution in [3.63, 3.8) is 0 Å². The Morgan fingerprint density at radius 3 is 2.50 bits per heavy atom. The van der Waals surface area contributed by atoms with Gasteiger partial charge in [0.25, 0.3) is 0 Å². The molecule has 0 saturated carbocycles. The summed E-state index contributed by atoms with van der Waals surface area (Å²) in [5.41, 5.74) is 1.72. The number of nitrogens with one attached hydrogen (secondary N) is 1. The molecule has 0 aliphatic carbocycles. The molecule has 28 heavy (non-hydrogen) atoms. The number of urea groups is 1. The first-order valence-corrected chi connectivity index (χ1v) is 11.5. The van der Waals surface area contributed by atoms with Crippen molar-refractivity contribution >= 4 is 55.8 Å². The van der Waals surface area contributed by atoms with E-state index in [4.69, 9.17) is 11.6 Å². The van der Waals surface area contributed by atoms with E-state index in [9.17, 15) is 13.2 Å². The third-order valence-electron chi connectivity index (χ3n) is 3.97. The highest BCUT2D eigenvalue weighted by Gasteiger charge is 2.21. The lowest BCUT2D eigenvalue weighted by atomic mass is 10.2. The van der Waals surface area contributed by atoms with E-state index in [1.807, 2.05) is 6.92 Å². The Kier molecular flexibility index (Phi) is 6.17. The average Bonchev–Trinajstić information content (AvgIpc) is 3.07. The minimum atomic E-state index is -3.53. The molecule has 0 spiro atoms. The molecule has 1 N–H and O–H groups in total. The summed E-state index contributed by atoms with van der Waals surface area (Å²) < 4.78 is 25.9. The zero-order valence-corrected chi connectivity index (χ0v) is 17.7. The van der Waals surface area contributed by atoms with Crippen molar-refractivity contribution in [1.29, 1.82) is 0 Å². The standard InChI is InChI=1S/C18H19ClN4O3S2/c1-13-21-22(12-27-13)18(24)20-15-7-9-16(10-8-15)23(28(2,25)26)11-14-5-3-4-6-17(14)19/h3-10H,11-12H2,1-2H3,(H,20,24). The highest BCUT2D eigenvalue weighted by Crippen LogP contribution is 2.26. The fourth-order valence-electron chi connectivity index (χ4n) is 2.57. The number of carbonyl (C=O) groups is 1. The molecule has 2 amide bonds. The Morgan fingerprint density at radius 2 is 1.93 bits per heavy atom. The molecule has 0 saturated heterocycles. The number of hydrogen-bond acceptors (Lipinski definition) is 5. The number of rotatable bonds is 5. The van der Waals surface area contributed by atoms with Crippen LogP contribution in [0.25, 0.3) is 0 Å². The van der Waals surface area contributed by atoms with E-state index in [2.05, 4.69) is 10.4 Å². The fourth-order valence-corrected chi connectivity index (χ4v) is 4.28. The second-order valence-corrected chi connectivity index (χ2v) is 9.58. The number of benzene rings is 2. The molecular weight excluding hydrogens is 420 g/mol. The van der Waals surface area contributed by atoms with Crippen molar-refractivity contribution < 1.29 is 13.2 Å². The number of nitrogens with zero attached hydrogens (tertiary/aromatic N) is 3. The minimum Gasteiger partial charge on any atom is -0.306 e. The highest BCUT2D eigenvalue weighted by molar-refractivity contribution is 8.14. The highest BCUT2D eigenvalue weighted by atomic mass is 35.5. The molecule has 0 radical (unpaired) electrons. The van der Waals surface area contributed by atoms with Gasteiger partial charge in [-0.2, -0.15) is 5.10 Å². The zero-order valence-electron chi connectivity index (χ0n) is 15.3. The Hall–Kier alpha value is -2.23. The van der Waals surface area contributed by atoms with Crippen LogP contribution in [0.2, 0.25) is 5.02 Å². The Morgan fingerprint density at radius 1 is 1.25 bits per heavy atom. The number of hydrazone groups is 1. The molecular formula is C18H19ClN4O3S2. The van der Waals surface area contributed by atoms with E-state index in [-0.39, 0.29) is 12.6 Å². The summed E-state index contributed by atoms with van der Waals surface area (Å²) >= 11 is 7.66. The maximum absolute atomic E-state index is 12.3. The summed E-state index contributed by atoms with van der Waals surface area (Å²) in [6.07, 6.45) is 1.14. The van der Waals surface area contributed by atoms with Crippen LogP contribution < -0.4 is 9.62 Å². The second kappa shape index (κ2) is 8.42. The first-order valence-electron chi connectivity index (χ1n) is 8.32. The summed E-state index contributed by atoms with van der Waals surface area (Å²) in [5.74, 6) is 0.468. The van der Waals surface area contributed by atoms with Gasteiger partial charge >= 0.3 is 6.03 Å². The largest absolute Gasteiger partial charge is 0.343 e. The molecule has 1 heterocycles. The number of halogens is 1. The van der Waals surface area contributed by atoms with Crippen LogP contribution in [0.15, 0.2) is 53.6 Å². The van der Waals surface area contributed by atoms with E-state index in [0.29, 0.717) is 27.8 Å². The number of anilines is 2. The van der Waals surface area contributed by atoms with E-state index >= 15 is 0 Å².